The van der Waals surface area contributed by atoms with E-state index < -0.39 is 0 Å². The highest BCUT2D eigenvalue weighted by Gasteiger charge is 2.08. The third kappa shape index (κ3) is 3.83. The summed E-state index contributed by atoms with van der Waals surface area (Å²) in [4.78, 5) is 2.19. The summed E-state index contributed by atoms with van der Waals surface area (Å²) in [7, 11) is 4.17. The van der Waals surface area contributed by atoms with Crippen LogP contribution in [0.3, 0.4) is 0 Å². The molecule has 0 radical (unpaired) electrons. The molecule has 19 heavy (non-hydrogen) atoms. The number of hydrogen-bond acceptors (Lipinski definition) is 2. The van der Waals surface area contributed by atoms with E-state index in [0.29, 0.717) is 12.6 Å². The molecule has 2 nitrogen and oxygen atoms in total. The maximum atomic E-state index is 5.84. The second kappa shape index (κ2) is 6.39. The summed E-state index contributed by atoms with van der Waals surface area (Å²) in [5.74, 6) is 0.926. The molecule has 0 saturated carbocycles. The second-order valence-corrected chi connectivity index (χ2v) is 4.99. The average molecular weight is 255 g/mol. The van der Waals surface area contributed by atoms with Crippen LogP contribution < -0.4 is 4.74 Å². The van der Waals surface area contributed by atoms with Crippen molar-refractivity contribution in [2.45, 2.75) is 19.6 Å². The zero-order valence-corrected chi connectivity index (χ0v) is 11.8. The van der Waals surface area contributed by atoms with Gasteiger partial charge in [0.1, 0.15) is 12.4 Å². The molecule has 2 rings (SSSR count). The minimum Gasteiger partial charge on any atom is -0.489 e. The fourth-order valence-corrected chi connectivity index (χ4v) is 1.90. The van der Waals surface area contributed by atoms with E-state index in [4.69, 9.17) is 4.74 Å². The summed E-state index contributed by atoms with van der Waals surface area (Å²) in [5.41, 5.74) is 2.46. The normalized spacial score (nSPS) is 12.4. The third-order valence-electron chi connectivity index (χ3n) is 3.36. The monoisotopic (exact) mass is 255 g/mol. The molecule has 0 saturated heterocycles. The van der Waals surface area contributed by atoms with Crippen molar-refractivity contribution >= 4 is 0 Å². The van der Waals surface area contributed by atoms with Crippen LogP contribution in [-0.4, -0.2) is 19.0 Å². The van der Waals surface area contributed by atoms with Crippen LogP contribution in [0.5, 0.6) is 5.75 Å². The Labute approximate surface area is 115 Å². The first-order valence-electron chi connectivity index (χ1n) is 6.60. The Hall–Kier alpha value is -1.80. The lowest BCUT2D eigenvalue weighted by atomic mass is 10.1. The zero-order chi connectivity index (χ0) is 13.7. The van der Waals surface area contributed by atoms with Gasteiger partial charge in [0.05, 0.1) is 0 Å². The Morgan fingerprint density at radius 1 is 1.00 bits per heavy atom. The van der Waals surface area contributed by atoms with Crippen molar-refractivity contribution in [2.24, 2.45) is 0 Å². The largest absolute Gasteiger partial charge is 0.489 e. The van der Waals surface area contributed by atoms with Crippen LogP contribution in [0.1, 0.15) is 24.1 Å². The summed E-state index contributed by atoms with van der Waals surface area (Å²) in [6.45, 7) is 2.80. The molecule has 1 atom stereocenters. The Morgan fingerprint density at radius 3 is 2.42 bits per heavy atom. The van der Waals surface area contributed by atoms with Gasteiger partial charge in [-0.15, -0.1) is 0 Å². The van der Waals surface area contributed by atoms with Gasteiger partial charge in [0.2, 0.25) is 0 Å². The minimum atomic E-state index is 0.389. The molecule has 0 aliphatic heterocycles. The highest BCUT2D eigenvalue weighted by atomic mass is 16.5. The highest BCUT2D eigenvalue weighted by molar-refractivity contribution is 5.30. The van der Waals surface area contributed by atoms with E-state index in [2.05, 4.69) is 56.3 Å². The van der Waals surface area contributed by atoms with E-state index in [9.17, 15) is 0 Å². The lowest BCUT2D eigenvalue weighted by molar-refractivity contribution is 0.300. The predicted molar refractivity (Wildman–Crippen MR) is 79.3 cm³/mol. The van der Waals surface area contributed by atoms with Crippen molar-refractivity contribution in [1.82, 2.24) is 4.90 Å². The Bertz CT molecular complexity index is 508. The van der Waals surface area contributed by atoms with Gasteiger partial charge in [0.15, 0.2) is 0 Å². The highest BCUT2D eigenvalue weighted by Crippen LogP contribution is 2.22. The topological polar surface area (TPSA) is 12.5 Å². The molecule has 0 N–H and O–H groups in total. The molecule has 2 heteroatoms. The Balaban J connectivity index is 2.03. The zero-order valence-electron chi connectivity index (χ0n) is 11.8. The fraction of sp³-hybridized carbons (Fsp3) is 0.294. The third-order valence-corrected chi connectivity index (χ3v) is 3.36. The molecule has 0 aliphatic rings. The predicted octanol–water partition coefficient (Wildman–Crippen LogP) is 3.89. The molecule has 0 unspecified atom stereocenters. The van der Waals surface area contributed by atoms with Gasteiger partial charge in [-0.05, 0) is 44.3 Å². The first kappa shape index (κ1) is 13.6. The van der Waals surface area contributed by atoms with E-state index in [0.717, 1.165) is 5.75 Å². The van der Waals surface area contributed by atoms with Crippen LogP contribution in [0.25, 0.3) is 0 Å². The summed E-state index contributed by atoms with van der Waals surface area (Å²) in [6, 6.07) is 18.9. The van der Waals surface area contributed by atoms with Crippen molar-refractivity contribution in [3.8, 4) is 5.75 Å². The number of hydrogen-bond donors (Lipinski definition) is 0. The number of benzene rings is 2. The van der Waals surface area contributed by atoms with Gasteiger partial charge in [0, 0.05) is 6.04 Å². The molecule has 0 bridgehead atoms. The van der Waals surface area contributed by atoms with Crippen molar-refractivity contribution in [3.63, 3.8) is 0 Å². The number of rotatable bonds is 5. The SMILES string of the molecule is C[C@@H](c1cccc(OCc2ccccc2)c1)N(C)C. The van der Waals surface area contributed by atoms with Gasteiger partial charge in [-0.3, -0.25) is 0 Å². The van der Waals surface area contributed by atoms with E-state index >= 15 is 0 Å². The fourth-order valence-electron chi connectivity index (χ4n) is 1.90. The molecule has 0 aliphatic carbocycles. The van der Waals surface area contributed by atoms with Crippen molar-refractivity contribution in [1.29, 1.82) is 0 Å². The minimum absolute atomic E-state index is 0.389. The van der Waals surface area contributed by atoms with E-state index in [-0.39, 0.29) is 0 Å². The second-order valence-electron chi connectivity index (χ2n) is 4.99. The smallest absolute Gasteiger partial charge is 0.120 e. The number of nitrogens with zero attached hydrogens (tertiary/aromatic N) is 1. The first-order chi connectivity index (χ1) is 9.16. The van der Waals surface area contributed by atoms with Crippen molar-refractivity contribution < 1.29 is 4.74 Å². The Morgan fingerprint density at radius 2 is 1.74 bits per heavy atom. The molecule has 0 amide bonds. The van der Waals surface area contributed by atoms with Crippen LogP contribution in [0.2, 0.25) is 0 Å². The van der Waals surface area contributed by atoms with Crippen LogP contribution in [-0.2, 0) is 6.61 Å². The summed E-state index contributed by atoms with van der Waals surface area (Å²) in [6.07, 6.45) is 0. The van der Waals surface area contributed by atoms with Crippen LogP contribution in [0.15, 0.2) is 54.6 Å². The van der Waals surface area contributed by atoms with Gasteiger partial charge >= 0.3 is 0 Å². The summed E-state index contributed by atoms with van der Waals surface area (Å²) in [5, 5.41) is 0. The number of ether oxygens (including phenoxy) is 1. The first-order valence-corrected chi connectivity index (χ1v) is 6.60. The van der Waals surface area contributed by atoms with Gasteiger partial charge in [-0.1, -0.05) is 42.5 Å². The van der Waals surface area contributed by atoms with Gasteiger partial charge in [0.25, 0.3) is 0 Å². The molecule has 0 fully saturated rings. The van der Waals surface area contributed by atoms with E-state index in [1.807, 2.05) is 24.3 Å². The molecule has 0 aromatic heterocycles. The van der Waals surface area contributed by atoms with Crippen LogP contribution in [0.4, 0.5) is 0 Å². The molecule has 0 spiro atoms. The van der Waals surface area contributed by atoms with Crippen molar-refractivity contribution in [3.05, 3.63) is 65.7 Å². The maximum absolute atomic E-state index is 5.84. The Kier molecular flexibility index (Phi) is 4.58. The van der Waals surface area contributed by atoms with Crippen LogP contribution >= 0.6 is 0 Å². The standard InChI is InChI=1S/C17H21NO/c1-14(18(2)3)16-10-7-11-17(12-16)19-13-15-8-5-4-6-9-15/h4-12,14H,13H2,1-3H3/t14-/m0/s1. The van der Waals surface area contributed by atoms with Gasteiger partial charge < -0.3 is 9.64 Å². The summed E-state index contributed by atoms with van der Waals surface area (Å²) >= 11 is 0. The lowest BCUT2D eigenvalue weighted by Gasteiger charge is -2.20. The van der Waals surface area contributed by atoms with E-state index in [1.165, 1.54) is 11.1 Å². The van der Waals surface area contributed by atoms with Gasteiger partial charge in [-0.2, -0.15) is 0 Å². The maximum Gasteiger partial charge on any atom is 0.120 e. The van der Waals surface area contributed by atoms with E-state index in [1.54, 1.807) is 0 Å². The summed E-state index contributed by atoms with van der Waals surface area (Å²) < 4.78 is 5.84. The van der Waals surface area contributed by atoms with Crippen molar-refractivity contribution in [2.75, 3.05) is 14.1 Å². The molecular weight excluding hydrogens is 234 g/mol. The molecule has 0 heterocycles. The lowest BCUT2D eigenvalue weighted by Crippen LogP contribution is -2.16. The molecular formula is C17H21NO. The van der Waals surface area contributed by atoms with Crippen LogP contribution in [0, 0.1) is 0 Å². The quantitative estimate of drug-likeness (QED) is 0.803. The molecule has 100 valence electrons. The van der Waals surface area contributed by atoms with Gasteiger partial charge in [-0.25, -0.2) is 0 Å². The average Bonchev–Trinajstić information content (AvgIpc) is 2.45. The molecule has 2 aromatic rings. The molecule has 2 aromatic carbocycles.